The maximum Gasteiger partial charge on any atom is 0.165 e. The highest BCUT2D eigenvalue weighted by Gasteiger charge is 2.07. The zero-order valence-corrected chi connectivity index (χ0v) is 10.1. The summed E-state index contributed by atoms with van der Waals surface area (Å²) >= 11 is 5.71. The van der Waals surface area contributed by atoms with Crippen molar-refractivity contribution in [3.63, 3.8) is 0 Å². The van der Waals surface area contributed by atoms with E-state index >= 15 is 0 Å². The maximum atomic E-state index is 13.7. The third kappa shape index (κ3) is 2.50. The summed E-state index contributed by atoms with van der Waals surface area (Å²) in [7, 11) is 0. The quantitative estimate of drug-likeness (QED) is 0.787. The number of nitrogen functional groups attached to an aromatic ring is 1. The van der Waals surface area contributed by atoms with Crippen molar-refractivity contribution in [1.82, 2.24) is 0 Å². The molecule has 0 atom stereocenters. The van der Waals surface area contributed by atoms with E-state index in [2.05, 4.69) is 5.32 Å². The molecule has 0 amide bonds. The van der Waals surface area contributed by atoms with Gasteiger partial charge in [-0.1, -0.05) is 17.7 Å². The van der Waals surface area contributed by atoms with Crippen molar-refractivity contribution < 1.29 is 4.39 Å². The fraction of sp³-hybridized carbons (Fsp3) is 0.0769. The minimum Gasteiger partial charge on any atom is -0.399 e. The van der Waals surface area contributed by atoms with E-state index < -0.39 is 5.82 Å². The predicted octanol–water partition coefficient (Wildman–Crippen LogP) is 4.11. The number of nitrogens with one attached hydrogen (secondary N) is 1. The molecule has 2 aromatic carbocycles. The highest BCUT2D eigenvalue weighted by Crippen LogP contribution is 2.27. The molecular formula is C13H12ClFN2. The van der Waals surface area contributed by atoms with E-state index in [1.807, 2.05) is 19.1 Å². The Hall–Kier alpha value is -1.74. The summed E-state index contributed by atoms with van der Waals surface area (Å²) in [6.45, 7) is 1.90. The van der Waals surface area contributed by atoms with Gasteiger partial charge in [0, 0.05) is 11.4 Å². The van der Waals surface area contributed by atoms with Gasteiger partial charge >= 0.3 is 0 Å². The average molecular weight is 251 g/mol. The third-order valence-electron chi connectivity index (χ3n) is 2.47. The smallest absolute Gasteiger partial charge is 0.165 e. The van der Waals surface area contributed by atoms with Crippen molar-refractivity contribution in [2.75, 3.05) is 11.1 Å². The SMILES string of the molecule is Cc1cc(N)ccc1Nc1cccc(Cl)c1F. The molecule has 3 N–H and O–H groups in total. The van der Waals surface area contributed by atoms with E-state index in [-0.39, 0.29) is 5.02 Å². The fourth-order valence-corrected chi connectivity index (χ4v) is 1.75. The Kier molecular flexibility index (Phi) is 3.20. The molecule has 17 heavy (non-hydrogen) atoms. The molecule has 0 saturated heterocycles. The van der Waals surface area contributed by atoms with Gasteiger partial charge in [-0.15, -0.1) is 0 Å². The summed E-state index contributed by atoms with van der Waals surface area (Å²) in [6.07, 6.45) is 0. The van der Waals surface area contributed by atoms with Crippen LogP contribution in [0.2, 0.25) is 5.02 Å². The van der Waals surface area contributed by atoms with E-state index in [4.69, 9.17) is 17.3 Å². The Morgan fingerprint density at radius 3 is 2.65 bits per heavy atom. The lowest BCUT2D eigenvalue weighted by Crippen LogP contribution is -1.97. The molecule has 4 heteroatoms. The number of benzene rings is 2. The second-order valence-electron chi connectivity index (χ2n) is 3.80. The van der Waals surface area contributed by atoms with Crippen LogP contribution in [0.15, 0.2) is 36.4 Å². The topological polar surface area (TPSA) is 38.0 Å². The Balaban J connectivity index is 2.35. The number of anilines is 3. The van der Waals surface area contributed by atoms with E-state index in [0.717, 1.165) is 11.3 Å². The largest absolute Gasteiger partial charge is 0.399 e. The molecule has 2 aromatic rings. The van der Waals surface area contributed by atoms with Gasteiger partial charge in [-0.2, -0.15) is 0 Å². The molecule has 0 bridgehead atoms. The molecular weight excluding hydrogens is 239 g/mol. The normalized spacial score (nSPS) is 10.3. The molecule has 2 rings (SSSR count). The molecule has 0 aliphatic heterocycles. The third-order valence-corrected chi connectivity index (χ3v) is 2.76. The van der Waals surface area contributed by atoms with E-state index in [1.165, 1.54) is 6.07 Å². The van der Waals surface area contributed by atoms with Crippen molar-refractivity contribution >= 4 is 28.7 Å². The Morgan fingerprint density at radius 2 is 1.94 bits per heavy atom. The number of nitrogens with two attached hydrogens (primary N) is 1. The van der Waals surface area contributed by atoms with Gasteiger partial charge in [0.2, 0.25) is 0 Å². The van der Waals surface area contributed by atoms with Gasteiger partial charge in [0.15, 0.2) is 5.82 Å². The van der Waals surface area contributed by atoms with Crippen molar-refractivity contribution in [2.45, 2.75) is 6.92 Å². The van der Waals surface area contributed by atoms with E-state index in [9.17, 15) is 4.39 Å². The Morgan fingerprint density at radius 1 is 1.18 bits per heavy atom. The summed E-state index contributed by atoms with van der Waals surface area (Å²) in [5, 5.41) is 3.09. The first-order valence-corrected chi connectivity index (χ1v) is 5.53. The van der Waals surface area contributed by atoms with Crippen LogP contribution in [0, 0.1) is 12.7 Å². The Labute approximate surface area is 104 Å². The van der Waals surface area contributed by atoms with Gasteiger partial charge in [0.1, 0.15) is 0 Å². The molecule has 0 spiro atoms. The molecule has 2 nitrogen and oxygen atoms in total. The van der Waals surface area contributed by atoms with Gasteiger partial charge < -0.3 is 11.1 Å². The van der Waals surface area contributed by atoms with Crippen LogP contribution >= 0.6 is 11.6 Å². The van der Waals surface area contributed by atoms with Gasteiger partial charge in [0.05, 0.1) is 10.7 Å². The minimum atomic E-state index is -0.453. The number of hydrogen-bond donors (Lipinski definition) is 2. The van der Waals surface area contributed by atoms with Gasteiger partial charge in [-0.05, 0) is 42.8 Å². The molecule has 0 saturated carbocycles. The predicted molar refractivity (Wildman–Crippen MR) is 70.3 cm³/mol. The number of rotatable bonds is 2. The van der Waals surface area contributed by atoms with Crippen LogP contribution in [0.25, 0.3) is 0 Å². The van der Waals surface area contributed by atoms with E-state index in [1.54, 1.807) is 18.2 Å². The van der Waals surface area contributed by atoms with Gasteiger partial charge in [0.25, 0.3) is 0 Å². The van der Waals surface area contributed by atoms with Crippen LogP contribution in [0.5, 0.6) is 0 Å². The number of halogens is 2. The molecule has 0 radical (unpaired) electrons. The monoisotopic (exact) mass is 250 g/mol. The first-order chi connectivity index (χ1) is 8.08. The van der Waals surface area contributed by atoms with Crippen molar-refractivity contribution in [3.05, 3.63) is 52.8 Å². The highest BCUT2D eigenvalue weighted by atomic mass is 35.5. The lowest BCUT2D eigenvalue weighted by atomic mass is 10.1. The van der Waals surface area contributed by atoms with Gasteiger partial charge in [-0.25, -0.2) is 4.39 Å². The summed E-state index contributed by atoms with van der Waals surface area (Å²) in [6, 6.07) is 10.2. The lowest BCUT2D eigenvalue weighted by Gasteiger charge is -2.11. The second kappa shape index (κ2) is 4.63. The standard InChI is InChI=1S/C13H12ClFN2/c1-8-7-9(16)5-6-11(8)17-12-4-2-3-10(14)13(12)15/h2-7,17H,16H2,1H3. The summed E-state index contributed by atoms with van der Waals surface area (Å²) in [5.41, 5.74) is 8.44. The molecule has 0 aliphatic carbocycles. The van der Waals surface area contributed by atoms with E-state index in [0.29, 0.717) is 11.4 Å². The number of aryl methyl sites for hydroxylation is 1. The van der Waals surface area contributed by atoms with Crippen LogP contribution < -0.4 is 11.1 Å². The average Bonchev–Trinajstić information content (AvgIpc) is 2.28. The van der Waals surface area contributed by atoms with Crippen molar-refractivity contribution in [2.24, 2.45) is 0 Å². The zero-order valence-electron chi connectivity index (χ0n) is 9.30. The van der Waals surface area contributed by atoms with Crippen LogP contribution in [-0.4, -0.2) is 0 Å². The summed E-state index contributed by atoms with van der Waals surface area (Å²) in [5.74, 6) is -0.453. The Bertz CT molecular complexity index is 555. The molecule has 0 aromatic heterocycles. The second-order valence-corrected chi connectivity index (χ2v) is 4.21. The van der Waals surface area contributed by atoms with Gasteiger partial charge in [-0.3, -0.25) is 0 Å². The summed E-state index contributed by atoms with van der Waals surface area (Å²) in [4.78, 5) is 0. The summed E-state index contributed by atoms with van der Waals surface area (Å²) < 4.78 is 13.7. The zero-order chi connectivity index (χ0) is 12.4. The lowest BCUT2D eigenvalue weighted by molar-refractivity contribution is 0.632. The van der Waals surface area contributed by atoms with Crippen LogP contribution in [0.3, 0.4) is 0 Å². The molecule has 88 valence electrons. The van der Waals surface area contributed by atoms with Crippen LogP contribution in [0.1, 0.15) is 5.56 Å². The molecule has 0 unspecified atom stereocenters. The van der Waals surface area contributed by atoms with Crippen LogP contribution in [0.4, 0.5) is 21.5 Å². The molecule has 0 heterocycles. The van der Waals surface area contributed by atoms with Crippen molar-refractivity contribution in [1.29, 1.82) is 0 Å². The van der Waals surface area contributed by atoms with Crippen molar-refractivity contribution in [3.8, 4) is 0 Å². The number of hydrogen-bond acceptors (Lipinski definition) is 2. The molecule has 0 fully saturated rings. The first kappa shape index (κ1) is 11.7. The highest BCUT2D eigenvalue weighted by molar-refractivity contribution is 6.31. The van der Waals surface area contributed by atoms with Crippen LogP contribution in [-0.2, 0) is 0 Å². The fourth-order valence-electron chi connectivity index (χ4n) is 1.57. The first-order valence-electron chi connectivity index (χ1n) is 5.15. The maximum absolute atomic E-state index is 13.7. The molecule has 0 aliphatic rings. The minimum absolute atomic E-state index is 0.100.